The van der Waals surface area contributed by atoms with Crippen molar-refractivity contribution in [3.05, 3.63) is 23.8 Å². The van der Waals surface area contributed by atoms with Gasteiger partial charge in [-0.1, -0.05) is 19.4 Å². The number of ether oxygens (including phenoxy) is 3. The number of amides is 1. The molecule has 0 bridgehead atoms. The van der Waals surface area contributed by atoms with E-state index >= 15 is 0 Å². The Morgan fingerprint density at radius 2 is 1.96 bits per heavy atom. The quantitative estimate of drug-likeness (QED) is 0.649. The minimum atomic E-state index is -0.281. The Morgan fingerprint density at radius 1 is 1.17 bits per heavy atom. The monoisotopic (exact) mass is 335 g/mol. The Labute approximate surface area is 142 Å². The normalized spacial score (nSPS) is 12.1. The lowest BCUT2D eigenvalue weighted by Gasteiger charge is -2.22. The Morgan fingerprint density at radius 3 is 2.71 bits per heavy atom. The van der Waals surface area contributed by atoms with Crippen LogP contribution in [0.2, 0.25) is 0 Å². The summed E-state index contributed by atoms with van der Waals surface area (Å²) in [5, 5.41) is 0. The Hall–Kier alpha value is -2.24. The van der Waals surface area contributed by atoms with Crippen LogP contribution in [0.3, 0.4) is 0 Å². The predicted molar refractivity (Wildman–Crippen MR) is 88.8 cm³/mol. The van der Waals surface area contributed by atoms with Gasteiger partial charge in [0.2, 0.25) is 12.7 Å². The minimum absolute atomic E-state index is 0.0545. The van der Waals surface area contributed by atoms with Crippen LogP contribution in [0, 0.1) is 0 Å². The van der Waals surface area contributed by atoms with Gasteiger partial charge in [0.25, 0.3) is 0 Å². The van der Waals surface area contributed by atoms with Crippen LogP contribution in [0.1, 0.15) is 45.1 Å². The highest BCUT2D eigenvalue weighted by Crippen LogP contribution is 2.32. The fraction of sp³-hybridized carbons (Fsp3) is 0.556. The van der Waals surface area contributed by atoms with E-state index < -0.39 is 0 Å². The van der Waals surface area contributed by atoms with Gasteiger partial charge in [-0.25, -0.2) is 0 Å². The zero-order valence-corrected chi connectivity index (χ0v) is 14.4. The molecule has 6 heteroatoms. The fourth-order valence-corrected chi connectivity index (χ4v) is 2.50. The summed E-state index contributed by atoms with van der Waals surface area (Å²) in [6.07, 6.45) is 2.50. The average molecular weight is 335 g/mol. The molecule has 0 atom stereocenters. The van der Waals surface area contributed by atoms with Crippen molar-refractivity contribution in [3.8, 4) is 11.5 Å². The van der Waals surface area contributed by atoms with Gasteiger partial charge in [-0.2, -0.15) is 0 Å². The van der Waals surface area contributed by atoms with E-state index in [9.17, 15) is 9.59 Å². The number of fused-ring (bicyclic) bond motifs is 1. The molecule has 6 nitrogen and oxygen atoms in total. The third-order valence-corrected chi connectivity index (χ3v) is 3.80. The lowest BCUT2D eigenvalue weighted by molar-refractivity contribution is -0.144. The zero-order valence-electron chi connectivity index (χ0n) is 14.4. The summed E-state index contributed by atoms with van der Waals surface area (Å²) >= 11 is 0. The summed E-state index contributed by atoms with van der Waals surface area (Å²) in [5.41, 5.74) is 0.952. The van der Waals surface area contributed by atoms with Gasteiger partial charge >= 0.3 is 5.97 Å². The molecular weight excluding hydrogens is 310 g/mol. The molecule has 1 aromatic rings. The van der Waals surface area contributed by atoms with Gasteiger partial charge in [-0.05, 0) is 31.0 Å². The minimum Gasteiger partial charge on any atom is -0.466 e. The first-order chi connectivity index (χ1) is 11.6. The second kappa shape index (κ2) is 9.15. The van der Waals surface area contributed by atoms with E-state index in [1.54, 1.807) is 11.8 Å². The van der Waals surface area contributed by atoms with E-state index in [1.807, 2.05) is 25.1 Å². The first-order valence-electron chi connectivity index (χ1n) is 8.46. The standard InChI is InChI=1S/C18H25NO5/c1-3-5-6-17(20)19(10-9-18(21)22-4-2)12-14-7-8-15-16(11-14)24-13-23-15/h7-8,11H,3-6,9-10,12-13H2,1-2H3. The summed E-state index contributed by atoms with van der Waals surface area (Å²) in [4.78, 5) is 25.7. The molecule has 0 fully saturated rings. The highest BCUT2D eigenvalue weighted by atomic mass is 16.7. The summed E-state index contributed by atoms with van der Waals surface area (Å²) in [6.45, 7) is 5.20. The maximum Gasteiger partial charge on any atom is 0.307 e. The largest absolute Gasteiger partial charge is 0.466 e. The molecule has 1 aliphatic heterocycles. The summed E-state index contributed by atoms with van der Waals surface area (Å²) in [7, 11) is 0. The van der Waals surface area contributed by atoms with Crippen molar-refractivity contribution in [3.63, 3.8) is 0 Å². The first kappa shape index (κ1) is 18.1. The SMILES string of the molecule is CCCCC(=O)N(CCC(=O)OCC)Cc1ccc2c(c1)OCO2. The van der Waals surface area contributed by atoms with Crippen molar-refractivity contribution in [2.24, 2.45) is 0 Å². The summed E-state index contributed by atoms with van der Waals surface area (Å²) < 4.78 is 15.6. The van der Waals surface area contributed by atoms with Gasteiger partial charge in [-0.15, -0.1) is 0 Å². The number of esters is 1. The van der Waals surface area contributed by atoms with E-state index in [1.165, 1.54) is 0 Å². The van der Waals surface area contributed by atoms with Gasteiger partial charge in [0.15, 0.2) is 11.5 Å². The van der Waals surface area contributed by atoms with Crippen molar-refractivity contribution in [2.45, 2.75) is 46.1 Å². The molecule has 0 unspecified atom stereocenters. The third kappa shape index (κ3) is 5.15. The van der Waals surface area contributed by atoms with E-state index in [0.717, 1.165) is 18.4 Å². The third-order valence-electron chi connectivity index (χ3n) is 3.80. The molecule has 24 heavy (non-hydrogen) atoms. The van der Waals surface area contributed by atoms with Crippen LogP contribution in [0.25, 0.3) is 0 Å². The topological polar surface area (TPSA) is 65.1 Å². The van der Waals surface area contributed by atoms with Crippen molar-refractivity contribution in [1.82, 2.24) is 4.90 Å². The predicted octanol–water partition coefficient (Wildman–Crippen LogP) is 2.89. The number of rotatable bonds is 9. The molecule has 1 amide bonds. The van der Waals surface area contributed by atoms with E-state index in [2.05, 4.69) is 0 Å². The summed E-state index contributed by atoms with van der Waals surface area (Å²) in [6, 6.07) is 5.64. The Kier molecular flexibility index (Phi) is 6.90. The smallest absolute Gasteiger partial charge is 0.307 e. The first-order valence-corrected chi connectivity index (χ1v) is 8.46. The van der Waals surface area contributed by atoms with Gasteiger partial charge in [0.1, 0.15) is 0 Å². The molecule has 2 rings (SSSR count). The van der Waals surface area contributed by atoms with Crippen LogP contribution in [0.5, 0.6) is 11.5 Å². The number of hydrogen-bond donors (Lipinski definition) is 0. The number of hydrogen-bond acceptors (Lipinski definition) is 5. The number of carbonyl (C=O) groups excluding carboxylic acids is 2. The highest BCUT2D eigenvalue weighted by molar-refractivity contribution is 5.77. The van der Waals surface area contributed by atoms with Gasteiger partial charge in [0, 0.05) is 19.5 Å². The lowest BCUT2D eigenvalue weighted by Crippen LogP contribution is -2.32. The van der Waals surface area contributed by atoms with E-state index in [4.69, 9.17) is 14.2 Å². The number of unbranched alkanes of at least 4 members (excludes halogenated alkanes) is 1. The molecule has 0 radical (unpaired) electrons. The van der Waals surface area contributed by atoms with Crippen LogP contribution in [0.4, 0.5) is 0 Å². The van der Waals surface area contributed by atoms with Gasteiger partial charge in [-0.3, -0.25) is 9.59 Å². The van der Waals surface area contributed by atoms with E-state index in [0.29, 0.717) is 37.6 Å². The van der Waals surface area contributed by atoms with Crippen molar-refractivity contribution in [2.75, 3.05) is 19.9 Å². The molecular formula is C18H25NO5. The van der Waals surface area contributed by atoms with Crippen LogP contribution >= 0.6 is 0 Å². The number of benzene rings is 1. The summed E-state index contributed by atoms with van der Waals surface area (Å²) in [5.74, 6) is 1.18. The molecule has 0 aromatic heterocycles. The van der Waals surface area contributed by atoms with Crippen LogP contribution in [-0.2, 0) is 20.9 Å². The second-order valence-corrected chi connectivity index (χ2v) is 5.66. The molecule has 0 saturated heterocycles. The molecule has 132 valence electrons. The van der Waals surface area contributed by atoms with Crippen molar-refractivity contribution < 1.29 is 23.8 Å². The van der Waals surface area contributed by atoms with Gasteiger partial charge in [0.05, 0.1) is 13.0 Å². The lowest BCUT2D eigenvalue weighted by atomic mass is 10.1. The van der Waals surface area contributed by atoms with Gasteiger partial charge < -0.3 is 19.1 Å². The number of carbonyl (C=O) groups is 2. The molecule has 0 spiro atoms. The van der Waals surface area contributed by atoms with Crippen molar-refractivity contribution in [1.29, 1.82) is 0 Å². The van der Waals surface area contributed by atoms with Crippen LogP contribution < -0.4 is 9.47 Å². The van der Waals surface area contributed by atoms with Crippen LogP contribution in [-0.4, -0.2) is 36.7 Å². The molecule has 1 heterocycles. The highest BCUT2D eigenvalue weighted by Gasteiger charge is 2.18. The van der Waals surface area contributed by atoms with E-state index in [-0.39, 0.29) is 25.1 Å². The van der Waals surface area contributed by atoms with Crippen LogP contribution in [0.15, 0.2) is 18.2 Å². The maximum atomic E-state index is 12.4. The Balaban J connectivity index is 2.01. The number of nitrogens with zero attached hydrogens (tertiary/aromatic N) is 1. The fourth-order valence-electron chi connectivity index (χ4n) is 2.50. The van der Waals surface area contributed by atoms with Crippen molar-refractivity contribution >= 4 is 11.9 Å². The molecule has 1 aromatic carbocycles. The molecule has 0 saturated carbocycles. The molecule has 1 aliphatic rings. The maximum absolute atomic E-state index is 12.4. The molecule has 0 aliphatic carbocycles. The average Bonchev–Trinajstić information content (AvgIpc) is 3.04. The molecule has 0 N–H and O–H groups in total. The zero-order chi connectivity index (χ0) is 17.4. The Bertz CT molecular complexity index is 573. The second-order valence-electron chi connectivity index (χ2n) is 5.66.